The topological polar surface area (TPSA) is 21.8 Å². The van der Waals surface area contributed by atoms with Crippen molar-refractivity contribution in [1.29, 1.82) is 0 Å². The average Bonchev–Trinajstić information content (AvgIpc) is 3.73. The number of ether oxygens (including phenoxy) is 2. The van der Waals surface area contributed by atoms with E-state index >= 15 is 8.78 Å². The molecule has 0 bridgehead atoms. The number of epoxide rings is 1. The van der Waals surface area contributed by atoms with E-state index in [1.165, 1.54) is 18.6 Å². The molecule has 0 amide bonds. The van der Waals surface area contributed by atoms with E-state index in [4.69, 9.17) is 9.47 Å². The lowest BCUT2D eigenvalue weighted by atomic mass is 9.77. The van der Waals surface area contributed by atoms with Crippen LogP contribution < -0.4 is 4.74 Å². The Balaban J connectivity index is 1.25. The van der Waals surface area contributed by atoms with Gasteiger partial charge in [-0.05, 0) is 66.3 Å². The maximum Gasteiger partial charge on any atom is 0.201 e. The molecule has 1 saturated heterocycles. The molecule has 36 heavy (non-hydrogen) atoms. The van der Waals surface area contributed by atoms with Gasteiger partial charge >= 0.3 is 0 Å². The van der Waals surface area contributed by atoms with Crippen molar-refractivity contribution in [2.75, 3.05) is 6.61 Å². The highest BCUT2D eigenvalue weighted by Crippen LogP contribution is 2.40. The first kappa shape index (κ1) is 24.8. The van der Waals surface area contributed by atoms with Gasteiger partial charge in [0.15, 0.2) is 23.2 Å². The normalized spacial score (nSPS) is 21.4. The molecule has 1 aliphatic carbocycles. The van der Waals surface area contributed by atoms with Crippen LogP contribution in [0.25, 0.3) is 11.1 Å². The van der Waals surface area contributed by atoms with Gasteiger partial charge in [0.05, 0.1) is 6.61 Å². The number of rotatable bonds is 8. The average molecular weight is 499 g/mol. The monoisotopic (exact) mass is 498 g/mol. The number of hydrogen-bond donors (Lipinski definition) is 0. The molecule has 6 heteroatoms. The predicted octanol–water partition coefficient (Wildman–Crippen LogP) is 8.63. The van der Waals surface area contributed by atoms with Gasteiger partial charge < -0.3 is 9.47 Å². The molecule has 2 nitrogen and oxygen atoms in total. The molecule has 0 aromatic heterocycles. The molecule has 1 unspecified atom stereocenters. The van der Waals surface area contributed by atoms with Crippen molar-refractivity contribution in [2.24, 2.45) is 5.92 Å². The number of benzene rings is 3. The van der Waals surface area contributed by atoms with Crippen LogP contribution in [0.5, 0.6) is 5.75 Å². The molecule has 0 radical (unpaired) electrons. The fourth-order valence-corrected chi connectivity index (χ4v) is 5.35. The van der Waals surface area contributed by atoms with Crippen molar-refractivity contribution in [3.05, 3.63) is 88.5 Å². The van der Waals surface area contributed by atoms with Gasteiger partial charge in [0, 0.05) is 11.1 Å². The van der Waals surface area contributed by atoms with Crippen molar-refractivity contribution in [3.8, 4) is 16.9 Å². The highest BCUT2D eigenvalue weighted by atomic mass is 19.2. The summed E-state index contributed by atoms with van der Waals surface area (Å²) < 4.78 is 69.1. The maximum absolute atomic E-state index is 15.1. The number of halogens is 4. The van der Waals surface area contributed by atoms with Crippen molar-refractivity contribution >= 4 is 0 Å². The fraction of sp³-hybridized carbons (Fsp3) is 0.400. The molecule has 3 aromatic rings. The number of hydrogen-bond acceptors (Lipinski definition) is 2. The summed E-state index contributed by atoms with van der Waals surface area (Å²) in [4.78, 5) is 0. The third-order valence-corrected chi connectivity index (χ3v) is 7.51. The van der Waals surface area contributed by atoms with Crippen LogP contribution in [0.15, 0.2) is 48.5 Å². The second-order valence-corrected chi connectivity index (χ2v) is 9.93. The van der Waals surface area contributed by atoms with Crippen LogP contribution in [0.3, 0.4) is 0 Å². The Labute approximate surface area is 209 Å². The molecule has 190 valence electrons. The quantitative estimate of drug-likeness (QED) is 0.229. The minimum atomic E-state index is -1.05. The van der Waals surface area contributed by atoms with Crippen molar-refractivity contribution in [2.45, 2.75) is 64.1 Å². The van der Waals surface area contributed by atoms with Gasteiger partial charge in [-0.15, -0.1) is 0 Å². The Hall–Kier alpha value is -2.86. The Morgan fingerprint density at radius 3 is 2.11 bits per heavy atom. The highest BCUT2D eigenvalue weighted by Gasteiger charge is 2.30. The summed E-state index contributed by atoms with van der Waals surface area (Å²) in [5.41, 5.74) is 2.10. The van der Waals surface area contributed by atoms with Crippen LogP contribution in [-0.2, 0) is 11.3 Å². The minimum Gasteiger partial charge on any atom is -0.486 e. The first-order chi connectivity index (χ1) is 17.5. The molecule has 5 rings (SSSR count). The maximum atomic E-state index is 15.1. The van der Waals surface area contributed by atoms with Crippen LogP contribution in [0, 0.1) is 29.2 Å². The molecular weight excluding hydrogens is 468 g/mol. The van der Waals surface area contributed by atoms with E-state index in [0.29, 0.717) is 29.2 Å². The third-order valence-electron chi connectivity index (χ3n) is 7.51. The zero-order valence-electron chi connectivity index (χ0n) is 20.3. The Kier molecular flexibility index (Phi) is 7.33. The Bertz CT molecular complexity index is 1210. The summed E-state index contributed by atoms with van der Waals surface area (Å²) in [7, 11) is 0. The minimum absolute atomic E-state index is 0.00635. The summed E-state index contributed by atoms with van der Waals surface area (Å²) in [5.74, 6) is -3.00. The summed E-state index contributed by atoms with van der Waals surface area (Å²) in [6.07, 6.45) is 5.92. The summed E-state index contributed by atoms with van der Waals surface area (Å²) in [5, 5.41) is 0. The SMILES string of the molecule is CCCC1CCC(c2ccc(-c3ccc(COc4ccc(C5CO5)c(F)c4F)cc3)c(F)c2F)CC1. The van der Waals surface area contributed by atoms with Gasteiger partial charge in [-0.25, -0.2) is 13.2 Å². The molecule has 1 saturated carbocycles. The van der Waals surface area contributed by atoms with Gasteiger partial charge in [-0.2, -0.15) is 4.39 Å². The van der Waals surface area contributed by atoms with E-state index in [-0.39, 0.29) is 35.5 Å². The van der Waals surface area contributed by atoms with E-state index in [1.54, 1.807) is 36.4 Å². The highest BCUT2D eigenvalue weighted by molar-refractivity contribution is 5.65. The van der Waals surface area contributed by atoms with E-state index in [2.05, 4.69) is 6.92 Å². The summed E-state index contributed by atoms with van der Waals surface area (Å²) in [6, 6.07) is 13.0. The second-order valence-electron chi connectivity index (χ2n) is 9.93. The third kappa shape index (κ3) is 5.15. The van der Waals surface area contributed by atoms with Gasteiger partial charge in [0.2, 0.25) is 5.82 Å². The van der Waals surface area contributed by atoms with Gasteiger partial charge in [-0.3, -0.25) is 0 Å². The van der Waals surface area contributed by atoms with Crippen molar-refractivity contribution in [3.63, 3.8) is 0 Å². The van der Waals surface area contributed by atoms with Crippen molar-refractivity contribution in [1.82, 2.24) is 0 Å². The fourth-order valence-electron chi connectivity index (χ4n) is 5.35. The van der Waals surface area contributed by atoms with Crippen LogP contribution >= 0.6 is 0 Å². The van der Waals surface area contributed by atoms with E-state index < -0.39 is 23.3 Å². The standard InChI is InChI=1S/C30H30F4O2/c1-2-3-18-4-8-20(9-5-18)22-12-13-23(28(32)27(22)31)21-10-6-19(7-11-21)16-35-25-15-14-24(26-17-36-26)29(33)30(25)34/h6-7,10-15,18,20,26H,2-5,8-9,16-17H2,1H3. The summed E-state index contributed by atoms with van der Waals surface area (Å²) >= 11 is 0. The predicted molar refractivity (Wildman–Crippen MR) is 131 cm³/mol. The molecule has 1 heterocycles. The van der Waals surface area contributed by atoms with Crippen LogP contribution in [0.4, 0.5) is 17.6 Å². The molecule has 0 N–H and O–H groups in total. The molecule has 1 aliphatic heterocycles. The zero-order chi connectivity index (χ0) is 25.2. The lowest BCUT2D eigenvalue weighted by molar-refractivity contribution is 0.283. The Morgan fingerprint density at radius 1 is 0.778 bits per heavy atom. The van der Waals surface area contributed by atoms with E-state index in [1.807, 2.05) is 0 Å². The van der Waals surface area contributed by atoms with E-state index in [0.717, 1.165) is 32.1 Å². The second kappa shape index (κ2) is 10.6. The molecular formula is C30H30F4O2. The van der Waals surface area contributed by atoms with E-state index in [9.17, 15) is 8.78 Å². The molecule has 0 spiro atoms. The largest absolute Gasteiger partial charge is 0.486 e. The summed E-state index contributed by atoms with van der Waals surface area (Å²) in [6.45, 7) is 2.58. The van der Waals surface area contributed by atoms with Gasteiger partial charge in [-0.1, -0.05) is 56.2 Å². The van der Waals surface area contributed by atoms with Gasteiger partial charge in [0.25, 0.3) is 0 Å². The first-order valence-electron chi connectivity index (χ1n) is 12.8. The first-order valence-corrected chi connectivity index (χ1v) is 12.8. The lowest BCUT2D eigenvalue weighted by Gasteiger charge is -2.29. The smallest absolute Gasteiger partial charge is 0.201 e. The zero-order valence-corrected chi connectivity index (χ0v) is 20.3. The molecule has 1 atom stereocenters. The van der Waals surface area contributed by atoms with Gasteiger partial charge in [0.1, 0.15) is 12.7 Å². The molecule has 3 aromatic carbocycles. The Morgan fingerprint density at radius 2 is 1.44 bits per heavy atom. The molecule has 2 aliphatic rings. The molecule has 2 fully saturated rings. The van der Waals surface area contributed by atoms with Crippen LogP contribution in [0.2, 0.25) is 0 Å². The van der Waals surface area contributed by atoms with Crippen molar-refractivity contribution < 1.29 is 27.0 Å². The van der Waals surface area contributed by atoms with Crippen LogP contribution in [0.1, 0.15) is 74.2 Å². The lowest BCUT2D eigenvalue weighted by Crippen LogP contribution is -2.15. The van der Waals surface area contributed by atoms with Crippen LogP contribution in [-0.4, -0.2) is 6.61 Å².